The number of aromatic nitrogens is 2. The number of amides is 1. The number of nitrogens with zero attached hydrogens (tertiary/aromatic N) is 3. The second-order valence-electron chi connectivity index (χ2n) is 7.90. The summed E-state index contributed by atoms with van der Waals surface area (Å²) < 4.78 is 21.0. The van der Waals surface area contributed by atoms with E-state index in [0.717, 1.165) is 38.4 Å². The Bertz CT molecular complexity index is 1160. The number of benzene rings is 2. The third kappa shape index (κ3) is 4.00. The lowest BCUT2D eigenvalue weighted by atomic mass is 10.1. The zero-order valence-corrected chi connectivity index (χ0v) is 17.8. The molecule has 6 nitrogen and oxygen atoms in total. The number of hydrogen-bond donors (Lipinski definition) is 1. The molecule has 2 aliphatic rings. The fourth-order valence-corrected chi connectivity index (χ4v) is 4.50. The molecule has 0 spiro atoms. The summed E-state index contributed by atoms with van der Waals surface area (Å²) in [5, 5.41) is 0. The van der Waals surface area contributed by atoms with Gasteiger partial charge < -0.3 is 14.6 Å². The molecule has 3 aromatic rings. The molecule has 1 aromatic heterocycles. The number of ether oxygens (including phenoxy) is 1. The molecule has 8 heteroatoms. The molecule has 0 unspecified atom stereocenters. The van der Waals surface area contributed by atoms with E-state index in [1.165, 1.54) is 23.3 Å². The maximum Gasteiger partial charge on any atom is 0.272 e. The van der Waals surface area contributed by atoms with Crippen molar-refractivity contribution in [1.82, 2.24) is 19.4 Å². The molecule has 0 bridgehead atoms. The van der Waals surface area contributed by atoms with E-state index in [2.05, 4.69) is 28.1 Å². The van der Waals surface area contributed by atoms with Gasteiger partial charge in [0.15, 0.2) is 4.77 Å². The molecular formula is C23H23FN4O2S. The molecule has 31 heavy (non-hydrogen) atoms. The van der Waals surface area contributed by atoms with Crippen LogP contribution in [0, 0.1) is 10.6 Å². The highest BCUT2D eigenvalue weighted by molar-refractivity contribution is 7.71. The Labute approximate surface area is 184 Å². The summed E-state index contributed by atoms with van der Waals surface area (Å²) in [5.74, 6) is 0.595. The maximum atomic E-state index is 13.3. The Morgan fingerprint density at radius 2 is 1.87 bits per heavy atom. The van der Waals surface area contributed by atoms with Crippen LogP contribution in [-0.4, -0.2) is 58.0 Å². The van der Waals surface area contributed by atoms with E-state index in [1.54, 1.807) is 22.9 Å². The van der Waals surface area contributed by atoms with E-state index < -0.39 is 0 Å². The van der Waals surface area contributed by atoms with Crippen molar-refractivity contribution >= 4 is 18.1 Å². The Morgan fingerprint density at radius 3 is 2.65 bits per heavy atom. The zero-order valence-electron chi connectivity index (χ0n) is 17.0. The number of rotatable bonds is 4. The van der Waals surface area contributed by atoms with Crippen LogP contribution in [0.1, 0.15) is 21.6 Å². The lowest BCUT2D eigenvalue weighted by Gasteiger charge is -2.34. The predicted molar refractivity (Wildman–Crippen MR) is 118 cm³/mol. The van der Waals surface area contributed by atoms with Crippen molar-refractivity contribution in [3.63, 3.8) is 0 Å². The van der Waals surface area contributed by atoms with Crippen LogP contribution in [-0.2, 0) is 13.0 Å². The summed E-state index contributed by atoms with van der Waals surface area (Å²) in [7, 11) is 0. The van der Waals surface area contributed by atoms with Gasteiger partial charge in [0, 0.05) is 51.0 Å². The third-order valence-electron chi connectivity index (χ3n) is 5.90. The fourth-order valence-electron chi connectivity index (χ4n) is 4.24. The van der Waals surface area contributed by atoms with Gasteiger partial charge in [0.1, 0.15) is 17.3 Å². The minimum absolute atomic E-state index is 0.0778. The Morgan fingerprint density at radius 1 is 1.10 bits per heavy atom. The monoisotopic (exact) mass is 438 g/mol. The van der Waals surface area contributed by atoms with Crippen LogP contribution in [0.25, 0.3) is 5.69 Å². The average Bonchev–Trinajstić information content (AvgIpc) is 3.40. The third-order valence-corrected chi connectivity index (χ3v) is 6.20. The topological polar surface area (TPSA) is 53.5 Å². The van der Waals surface area contributed by atoms with E-state index in [9.17, 15) is 9.18 Å². The van der Waals surface area contributed by atoms with E-state index in [-0.39, 0.29) is 11.7 Å². The van der Waals surface area contributed by atoms with Crippen LogP contribution < -0.4 is 4.74 Å². The number of imidazole rings is 1. The molecule has 1 fully saturated rings. The van der Waals surface area contributed by atoms with Crippen molar-refractivity contribution in [3.8, 4) is 11.4 Å². The molecule has 0 saturated carbocycles. The summed E-state index contributed by atoms with van der Waals surface area (Å²) in [4.78, 5) is 20.4. The first kappa shape index (κ1) is 20.0. The molecule has 1 amide bonds. The van der Waals surface area contributed by atoms with Gasteiger partial charge in [-0.2, -0.15) is 0 Å². The first-order valence-electron chi connectivity index (χ1n) is 10.4. The number of hydrogen-bond acceptors (Lipinski definition) is 4. The summed E-state index contributed by atoms with van der Waals surface area (Å²) in [6, 6.07) is 12.4. The van der Waals surface area contributed by atoms with E-state index in [0.29, 0.717) is 29.2 Å². The molecule has 160 valence electrons. The van der Waals surface area contributed by atoms with Gasteiger partial charge >= 0.3 is 0 Å². The van der Waals surface area contributed by atoms with Gasteiger partial charge in [-0.25, -0.2) is 4.39 Å². The molecule has 0 radical (unpaired) electrons. The lowest BCUT2D eigenvalue weighted by molar-refractivity contribution is 0.0620. The van der Waals surface area contributed by atoms with Crippen LogP contribution in [0.3, 0.4) is 0 Å². The van der Waals surface area contributed by atoms with Gasteiger partial charge in [0.05, 0.1) is 6.61 Å². The van der Waals surface area contributed by atoms with Crippen molar-refractivity contribution in [2.24, 2.45) is 0 Å². The van der Waals surface area contributed by atoms with Crippen molar-refractivity contribution < 1.29 is 13.9 Å². The lowest BCUT2D eigenvalue weighted by Crippen LogP contribution is -2.48. The van der Waals surface area contributed by atoms with Crippen molar-refractivity contribution in [2.75, 3.05) is 32.8 Å². The van der Waals surface area contributed by atoms with Gasteiger partial charge in [0.2, 0.25) is 0 Å². The molecular weight excluding hydrogens is 415 g/mol. The second kappa shape index (κ2) is 8.28. The highest BCUT2D eigenvalue weighted by Gasteiger charge is 2.25. The Kier molecular flexibility index (Phi) is 5.33. The highest BCUT2D eigenvalue weighted by Crippen LogP contribution is 2.26. The zero-order chi connectivity index (χ0) is 21.4. The second-order valence-corrected chi connectivity index (χ2v) is 8.29. The van der Waals surface area contributed by atoms with Gasteiger partial charge in [0.25, 0.3) is 5.91 Å². The molecule has 0 atom stereocenters. The number of H-pyrrole nitrogens is 1. The summed E-state index contributed by atoms with van der Waals surface area (Å²) in [6.07, 6.45) is 2.61. The van der Waals surface area contributed by atoms with Crippen molar-refractivity contribution in [1.29, 1.82) is 0 Å². The number of aromatic amines is 1. The molecule has 5 rings (SSSR count). The molecule has 1 saturated heterocycles. The first-order chi connectivity index (χ1) is 15.1. The van der Waals surface area contributed by atoms with Gasteiger partial charge in [-0.3, -0.25) is 14.3 Å². The first-order valence-corrected chi connectivity index (χ1v) is 10.8. The normalized spacial score (nSPS) is 16.2. The minimum Gasteiger partial charge on any atom is -0.493 e. The summed E-state index contributed by atoms with van der Waals surface area (Å²) >= 11 is 5.36. The number of carbonyl (C=O) groups excluding carboxylic acids is 1. The van der Waals surface area contributed by atoms with E-state index in [1.807, 2.05) is 4.90 Å². The van der Waals surface area contributed by atoms with Gasteiger partial charge in [-0.1, -0.05) is 12.1 Å². The summed E-state index contributed by atoms with van der Waals surface area (Å²) in [5.41, 5.74) is 3.68. The molecule has 1 N–H and O–H groups in total. The van der Waals surface area contributed by atoms with Crippen LogP contribution in [0.15, 0.2) is 48.7 Å². The number of carbonyl (C=O) groups is 1. The number of fused-ring (bicyclic) bond motifs is 1. The smallest absolute Gasteiger partial charge is 0.272 e. The van der Waals surface area contributed by atoms with Crippen LogP contribution in [0.2, 0.25) is 0 Å². The average molecular weight is 439 g/mol. The van der Waals surface area contributed by atoms with Gasteiger partial charge in [-0.15, -0.1) is 0 Å². The Balaban J connectivity index is 1.26. The Hall–Kier alpha value is -2.97. The van der Waals surface area contributed by atoms with Gasteiger partial charge in [-0.05, 0) is 53.7 Å². The van der Waals surface area contributed by atoms with Crippen molar-refractivity contribution in [3.05, 3.63) is 76.1 Å². The fraction of sp³-hybridized carbons (Fsp3) is 0.304. The van der Waals surface area contributed by atoms with Crippen LogP contribution in [0.5, 0.6) is 5.75 Å². The van der Waals surface area contributed by atoms with Crippen LogP contribution >= 0.6 is 12.2 Å². The standard InChI is InChI=1S/C23H23FN4O2S/c24-18-2-4-19(5-3-18)28-20(14-25-23(28)31)22(29)27-10-8-26(9-11-27)15-16-1-6-21-17(13-16)7-12-30-21/h1-6,13-14H,7-12,15H2,(H,25,31). The molecule has 2 aromatic carbocycles. The minimum atomic E-state index is -0.328. The largest absolute Gasteiger partial charge is 0.493 e. The summed E-state index contributed by atoms with van der Waals surface area (Å²) in [6.45, 7) is 4.54. The van der Waals surface area contributed by atoms with Crippen molar-refractivity contribution in [2.45, 2.75) is 13.0 Å². The number of piperazine rings is 1. The van der Waals surface area contributed by atoms with E-state index in [4.69, 9.17) is 17.0 Å². The van der Waals surface area contributed by atoms with E-state index >= 15 is 0 Å². The highest BCUT2D eigenvalue weighted by atomic mass is 32.1. The SMILES string of the molecule is O=C(c1c[nH]c(=S)n1-c1ccc(F)cc1)N1CCN(Cc2ccc3c(c2)CCO3)CC1. The number of halogens is 1. The molecule has 2 aliphatic heterocycles. The molecule has 0 aliphatic carbocycles. The number of nitrogens with one attached hydrogen (secondary N) is 1. The predicted octanol–water partition coefficient (Wildman–Crippen LogP) is 3.57. The quantitative estimate of drug-likeness (QED) is 0.633. The molecule has 3 heterocycles. The van der Waals surface area contributed by atoms with Crippen LogP contribution in [0.4, 0.5) is 4.39 Å². The maximum absolute atomic E-state index is 13.3.